The van der Waals surface area contributed by atoms with Crippen LogP contribution in [0.2, 0.25) is 0 Å². The van der Waals surface area contributed by atoms with Gasteiger partial charge in [-0.05, 0) is 24.6 Å². The third kappa shape index (κ3) is 3.03. The van der Waals surface area contributed by atoms with Crippen molar-refractivity contribution in [3.8, 4) is 0 Å². The number of benzene rings is 1. The fraction of sp³-hybridized carbons (Fsp3) is 0.438. The zero-order chi connectivity index (χ0) is 16.4. The van der Waals surface area contributed by atoms with Crippen LogP contribution in [0.1, 0.15) is 12.5 Å². The van der Waals surface area contributed by atoms with Crippen LogP contribution in [-0.4, -0.2) is 53.1 Å². The number of ether oxygens (including phenoxy) is 1. The number of methoxy groups -OCH3 is 1. The largest absolute Gasteiger partial charge is 0.383 e. The van der Waals surface area contributed by atoms with Crippen molar-refractivity contribution in [2.75, 3.05) is 19.4 Å². The molecule has 2 heterocycles. The first kappa shape index (κ1) is 15.8. The highest BCUT2D eigenvalue weighted by Crippen LogP contribution is 2.22. The van der Waals surface area contributed by atoms with Gasteiger partial charge in [0.25, 0.3) is 0 Å². The molecular formula is C16H21N5O2. The van der Waals surface area contributed by atoms with Gasteiger partial charge in [0.2, 0.25) is 0 Å². The molecule has 3 rings (SSSR count). The van der Waals surface area contributed by atoms with E-state index >= 15 is 0 Å². The Hall–Kier alpha value is -2.09. The summed E-state index contributed by atoms with van der Waals surface area (Å²) in [5, 5.41) is 4.08. The van der Waals surface area contributed by atoms with E-state index in [1.54, 1.807) is 7.11 Å². The van der Waals surface area contributed by atoms with Gasteiger partial charge in [0.15, 0.2) is 0 Å². The number of hydrogen-bond acceptors (Lipinski definition) is 7. The maximum atomic E-state index is 11.5. The average Bonchev–Trinajstić information content (AvgIpc) is 2.56. The summed E-state index contributed by atoms with van der Waals surface area (Å²) in [4.78, 5) is 21.9. The van der Waals surface area contributed by atoms with Gasteiger partial charge in [-0.15, -0.1) is 0 Å². The molecule has 1 aliphatic rings. The number of aldehydes is 1. The number of rotatable bonds is 4. The van der Waals surface area contributed by atoms with Gasteiger partial charge in [-0.3, -0.25) is 10.2 Å². The maximum Gasteiger partial charge on any atom is 0.141 e. The molecule has 3 atom stereocenters. The third-order valence-electron chi connectivity index (χ3n) is 4.36. The fourth-order valence-electron chi connectivity index (χ4n) is 3.06. The first-order valence-electron chi connectivity index (χ1n) is 7.60. The number of carbonyl (C=O) groups is 1. The second-order valence-corrected chi connectivity index (χ2v) is 5.82. The number of nitrogens with one attached hydrogen (secondary N) is 1. The topological polar surface area (TPSA) is 93.4 Å². The lowest BCUT2D eigenvalue weighted by Gasteiger charge is -2.42. The second-order valence-electron chi connectivity index (χ2n) is 5.82. The van der Waals surface area contributed by atoms with E-state index in [2.05, 4.69) is 27.1 Å². The average molecular weight is 315 g/mol. The Labute approximate surface area is 134 Å². The van der Waals surface area contributed by atoms with Crippen molar-refractivity contribution in [3.05, 3.63) is 30.1 Å². The highest BCUT2D eigenvalue weighted by molar-refractivity contribution is 5.88. The number of nitrogen functional groups attached to an aromatic ring is 1. The number of hydrogen-bond donors (Lipinski definition) is 2. The molecule has 23 heavy (non-hydrogen) atoms. The number of nitrogens with two attached hydrogens (primary N) is 1. The molecule has 0 saturated carbocycles. The molecule has 3 N–H and O–H groups in total. The molecule has 1 aliphatic heterocycles. The Balaban J connectivity index is 1.88. The van der Waals surface area contributed by atoms with E-state index < -0.39 is 0 Å². The number of aromatic nitrogens is 2. The minimum Gasteiger partial charge on any atom is -0.383 e. The van der Waals surface area contributed by atoms with E-state index in [9.17, 15) is 4.79 Å². The van der Waals surface area contributed by atoms with Gasteiger partial charge in [-0.1, -0.05) is 6.07 Å². The normalized spacial score (nSPS) is 25.6. The molecule has 7 nitrogen and oxygen atoms in total. The van der Waals surface area contributed by atoms with Gasteiger partial charge < -0.3 is 15.3 Å². The summed E-state index contributed by atoms with van der Waals surface area (Å²) in [6.45, 7) is 3.51. The molecule has 122 valence electrons. The SMILES string of the molecule is COC1NCC(C)N(Cc2ccc3c(N)ncnc3c2)C1C=O. The minimum absolute atomic E-state index is 0.225. The third-order valence-corrected chi connectivity index (χ3v) is 4.36. The van der Waals surface area contributed by atoms with Crippen molar-refractivity contribution in [1.82, 2.24) is 20.2 Å². The maximum absolute atomic E-state index is 11.5. The summed E-state index contributed by atoms with van der Waals surface area (Å²) in [7, 11) is 1.61. The Morgan fingerprint density at radius 3 is 3.04 bits per heavy atom. The van der Waals surface area contributed by atoms with Gasteiger partial charge in [0, 0.05) is 31.6 Å². The molecule has 1 saturated heterocycles. The molecule has 0 amide bonds. The van der Waals surface area contributed by atoms with Crippen molar-refractivity contribution < 1.29 is 9.53 Å². The molecule has 0 spiro atoms. The van der Waals surface area contributed by atoms with Gasteiger partial charge in [0.1, 0.15) is 30.7 Å². The van der Waals surface area contributed by atoms with Gasteiger partial charge >= 0.3 is 0 Å². The first-order chi connectivity index (χ1) is 11.1. The molecule has 1 aromatic heterocycles. The number of fused-ring (bicyclic) bond motifs is 1. The molecular weight excluding hydrogens is 294 g/mol. The quantitative estimate of drug-likeness (QED) is 0.796. The molecule has 0 aliphatic carbocycles. The summed E-state index contributed by atoms with van der Waals surface area (Å²) in [6, 6.07) is 5.82. The van der Waals surface area contributed by atoms with Crippen LogP contribution in [0.15, 0.2) is 24.5 Å². The van der Waals surface area contributed by atoms with Gasteiger partial charge in [-0.25, -0.2) is 9.97 Å². The van der Waals surface area contributed by atoms with E-state index in [0.717, 1.165) is 29.3 Å². The van der Waals surface area contributed by atoms with Crippen LogP contribution in [0.25, 0.3) is 10.9 Å². The lowest BCUT2D eigenvalue weighted by Crippen LogP contribution is -2.62. The molecule has 1 aromatic carbocycles. The summed E-state index contributed by atoms with van der Waals surface area (Å²) < 4.78 is 5.38. The minimum atomic E-state index is -0.324. The van der Waals surface area contributed by atoms with Crippen LogP contribution in [0.5, 0.6) is 0 Å². The van der Waals surface area contributed by atoms with E-state index in [-0.39, 0.29) is 18.3 Å². The van der Waals surface area contributed by atoms with Crippen molar-refractivity contribution >= 4 is 23.0 Å². The van der Waals surface area contributed by atoms with Crippen LogP contribution in [-0.2, 0) is 16.1 Å². The summed E-state index contributed by atoms with van der Waals surface area (Å²) in [6.07, 6.45) is 2.12. The van der Waals surface area contributed by atoms with Gasteiger partial charge in [0.05, 0.1) is 5.52 Å². The molecule has 0 radical (unpaired) electrons. The van der Waals surface area contributed by atoms with Crippen LogP contribution < -0.4 is 11.1 Å². The van der Waals surface area contributed by atoms with E-state index in [1.807, 2.05) is 18.2 Å². The zero-order valence-corrected chi connectivity index (χ0v) is 13.3. The smallest absolute Gasteiger partial charge is 0.141 e. The predicted octanol–water partition coefficient (Wildman–Crippen LogP) is 0.546. The fourth-order valence-corrected chi connectivity index (χ4v) is 3.06. The second kappa shape index (κ2) is 6.57. The molecule has 0 bridgehead atoms. The van der Waals surface area contributed by atoms with Gasteiger partial charge in [-0.2, -0.15) is 0 Å². The van der Waals surface area contributed by atoms with Crippen LogP contribution in [0.4, 0.5) is 5.82 Å². The molecule has 2 aromatic rings. The predicted molar refractivity (Wildman–Crippen MR) is 87.6 cm³/mol. The van der Waals surface area contributed by atoms with Crippen LogP contribution >= 0.6 is 0 Å². The van der Waals surface area contributed by atoms with Crippen LogP contribution in [0, 0.1) is 0 Å². The summed E-state index contributed by atoms with van der Waals surface area (Å²) in [5.74, 6) is 0.474. The van der Waals surface area contributed by atoms with E-state index in [0.29, 0.717) is 12.4 Å². The molecule has 3 unspecified atom stereocenters. The molecule has 1 fully saturated rings. The number of carbonyl (C=O) groups excluding carboxylic acids is 1. The lowest BCUT2D eigenvalue weighted by molar-refractivity contribution is -0.124. The summed E-state index contributed by atoms with van der Waals surface area (Å²) in [5.41, 5.74) is 7.74. The van der Waals surface area contributed by atoms with Crippen molar-refractivity contribution in [2.45, 2.75) is 31.8 Å². The first-order valence-corrected chi connectivity index (χ1v) is 7.60. The monoisotopic (exact) mass is 315 g/mol. The Bertz CT molecular complexity index is 708. The highest BCUT2D eigenvalue weighted by Gasteiger charge is 2.35. The number of nitrogens with zero attached hydrogens (tertiary/aromatic N) is 3. The Morgan fingerprint density at radius 1 is 1.48 bits per heavy atom. The standard InChI is InChI=1S/C16H21N5O2/c1-10-6-18-16(23-2)14(8-22)21(10)7-11-3-4-12-13(5-11)19-9-20-15(12)17/h3-5,8-10,14,16,18H,6-7H2,1-2H3,(H2,17,19,20). The Morgan fingerprint density at radius 2 is 2.30 bits per heavy atom. The zero-order valence-electron chi connectivity index (χ0n) is 13.3. The summed E-state index contributed by atoms with van der Waals surface area (Å²) >= 11 is 0. The Kier molecular flexibility index (Phi) is 4.51. The van der Waals surface area contributed by atoms with E-state index in [4.69, 9.17) is 10.5 Å². The lowest BCUT2D eigenvalue weighted by atomic mass is 10.0. The number of anilines is 1. The van der Waals surface area contributed by atoms with Crippen molar-refractivity contribution in [3.63, 3.8) is 0 Å². The van der Waals surface area contributed by atoms with Crippen LogP contribution in [0.3, 0.4) is 0 Å². The highest BCUT2D eigenvalue weighted by atomic mass is 16.5. The number of piperazine rings is 1. The molecule has 7 heteroatoms. The van der Waals surface area contributed by atoms with Crippen molar-refractivity contribution in [2.24, 2.45) is 0 Å². The van der Waals surface area contributed by atoms with Crippen molar-refractivity contribution in [1.29, 1.82) is 0 Å². The van der Waals surface area contributed by atoms with E-state index in [1.165, 1.54) is 6.33 Å².